The number of nitrogens with one attached hydrogen (secondary N) is 1. The molecule has 0 saturated carbocycles. The van der Waals surface area contributed by atoms with E-state index in [1.807, 2.05) is 37.3 Å². The van der Waals surface area contributed by atoms with Gasteiger partial charge in [-0.1, -0.05) is 30.2 Å². The SMILES string of the molecule is CC[C@H](C)NC(=O)C1CCN(c2nnc(-c3ccccc3)o2)CC1. The van der Waals surface area contributed by atoms with Gasteiger partial charge in [-0.25, -0.2) is 0 Å². The Balaban J connectivity index is 1.57. The lowest BCUT2D eigenvalue weighted by atomic mass is 9.96. The molecule has 0 radical (unpaired) electrons. The number of nitrogens with zero attached hydrogens (tertiary/aromatic N) is 3. The lowest BCUT2D eigenvalue weighted by Gasteiger charge is -2.30. The third kappa shape index (κ3) is 3.75. The maximum Gasteiger partial charge on any atom is 0.318 e. The van der Waals surface area contributed by atoms with Crippen molar-refractivity contribution >= 4 is 11.9 Å². The molecule has 2 aromatic rings. The molecule has 6 nitrogen and oxygen atoms in total. The van der Waals surface area contributed by atoms with Gasteiger partial charge in [0.15, 0.2) is 0 Å². The summed E-state index contributed by atoms with van der Waals surface area (Å²) in [6.45, 7) is 5.63. The van der Waals surface area contributed by atoms with Crippen LogP contribution in [0.25, 0.3) is 11.5 Å². The van der Waals surface area contributed by atoms with Crippen molar-refractivity contribution in [3.05, 3.63) is 30.3 Å². The quantitative estimate of drug-likeness (QED) is 0.914. The van der Waals surface area contributed by atoms with E-state index in [4.69, 9.17) is 4.42 Å². The monoisotopic (exact) mass is 328 g/mol. The van der Waals surface area contributed by atoms with Crippen LogP contribution in [0.1, 0.15) is 33.1 Å². The first-order valence-corrected chi connectivity index (χ1v) is 8.61. The fraction of sp³-hybridized carbons (Fsp3) is 0.500. The highest BCUT2D eigenvalue weighted by molar-refractivity contribution is 5.79. The normalized spacial score (nSPS) is 16.8. The maximum atomic E-state index is 12.2. The number of piperidine rings is 1. The van der Waals surface area contributed by atoms with E-state index in [0.717, 1.165) is 37.9 Å². The first-order valence-electron chi connectivity index (χ1n) is 8.61. The van der Waals surface area contributed by atoms with Crippen LogP contribution in [0, 0.1) is 5.92 Å². The van der Waals surface area contributed by atoms with Crippen LogP contribution >= 0.6 is 0 Å². The molecule has 1 aromatic carbocycles. The standard InChI is InChI=1S/C18H24N4O2/c1-3-13(2)19-16(23)14-9-11-22(12-10-14)18-21-20-17(24-18)15-7-5-4-6-8-15/h4-8,13-14H,3,9-12H2,1-2H3,(H,19,23)/t13-/m0/s1. The van der Waals surface area contributed by atoms with Gasteiger partial charge in [-0.3, -0.25) is 4.79 Å². The Hall–Kier alpha value is -2.37. The summed E-state index contributed by atoms with van der Waals surface area (Å²) < 4.78 is 5.79. The molecule has 1 aliphatic rings. The molecule has 0 spiro atoms. The van der Waals surface area contributed by atoms with Gasteiger partial charge in [0.2, 0.25) is 11.8 Å². The second-order valence-corrected chi connectivity index (χ2v) is 6.34. The Morgan fingerprint density at radius 3 is 2.67 bits per heavy atom. The van der Waals surface area contributed by atoms with Crippen LogP contribution in [-0.2, 0) is 4.79 Å². The summed E-state index contributed by atoms with van der Waals surface area (Å²) in [5.74, 6) is 0.772. The third-order valence-corrected chi connectivity index (χ3v) is 4.57. The first-order chi connectivity index (χ1) is 11.7. The lowest BCUT2D eigenvalue weighted by Crippen LogP contribution is -2.43. The minimum atomic E-state index is 0.0757. The smallest absolute Gasteiger partial charge is 0.318 e. The highest BCUT2D eigenvalue weighted by Crippen LogP contribution is 2.25. The van der Waals surface area contributed by atoms with Crippen molar-refractivity contribution in [1.29, 1.82) is 0 Å². The van der Waals surface area contributed by atoms with E-state index >= 15 is 0 Å². The molecule has 1 N–H and O–H groups in total. The molecule has 1 aromatic heterocycles. The fourth-order valence-corrected chi connectivity index (χ4v) is 2.84. The van der Waals surface area contributed by atoms with Crippen molar-refractivity contribution < 1.29 is 9.21 Å². The van der Waals surface area contributed by atoms with Gasteiger partial charge in [0.25, 0.3) is 0 Å². The van der Waals surface area contributed by atoms with Crippen LogP contribution in [0.5, 0.6) is 0 Å². The average Bonchev–Trinajstić information content (AvgIpc) is 3.12. The highest BCUT2D eigenvalue weighted by atomic mass is 16.4. The molecule has 1 aliphatic heterocycles. The van der Waals surface area contributed by atoms with E-state index in [1.54, 1.807) is 0 Å². The molecule has 0 unspecified atom stereocenters. The Labute approximate surface area is 142 Å². The first kappa shape index (κ1) is 16.5. The van der Waals surface area contributed by atoms with Crippen LogP contribution in [-0.4, -0.2) is 35.2 Å². The third-order valence-electron chi connectivity index (χ3n) is 4.57. The number of carbonyl (C=O) groups is 1. The Morgan fingerprint density at radius 2 is 2.00 bits per heavy atom. The van der Waals surface area contributed by atoms with Gasteiger partial charge in [-0.05, 0) is 38.3 Å². The fourth-order valence-electron chi connectivity index (χ4n) is 2.84. The van der Waals surface area contributed by atoms with Gasteiger partial charge in [0.1, 0.15) is 0 Å². The molecular weight excluding hydrogens is 304 g/mol. The van der Waals surface area contributed by atoms with Crippen molar-refractivity contribution in [2.75, 3.05) is 18.0 Å². The van der Waals surface area contributed by atoms with Crippen LogP contribution in [0.2, 0.25) is 0 Å². The molecule has 6 heteroatoms. The van der Waals surface area contributed by atoms with Crippen molar-refractivity contribution in [2.45, 2.75) is 39.2 Å². The molecule has 0 bridgehead atoms. The number of aromatic nitrogens is 2. The second-order valence-electron chi connectivity index (χ2n) is 6.34. The number of rotatable bonds is 5. The van der Waals surface area contributed by atoms with Crippen LogP contribution in [0.4, 0.5) is 6.01 Å². The molecule has 2 heterocycles. The number of amides is 1. The zero-order chi connectivity index (χ0) is 16.9. The average molecular weight is 328 g/mol. The summed E-state index contributed by atoms with van der Waals surface area (Å²) in [6.07, 6.45) is 2.57. The molecule has 1 amide bonds. The van der Waals surface area contributed by atoms with Gasteiger partial charge in [-0.15, -0.1) is 5.10 Å². The summed E-state index contributed by atoms with van der Waals surface area (Å²) in [7, 11) is 0. The Bertz CT molecular complexity index is 663. The summed E-state index contributed by atoms with van der Waals surface area (Å²) in [6, 6.07) is 10.5. The largest absolute Gasteiger partial charge is 0.403 e. The van der Waals surface area contributed by atoms with Gasteiger partial charge < -0.3 is 14.6 Å². The summed E-state index contributed by atoms with van der Waals surface area (Å²) in [4.78, 5) is 14.3. The molecule has 1 atom stereocenters. The zero-order valence-electron chi connectivity index (χ0n) is 14.2. The van der Waals surface area contributed by atoms with E-state index in [1.165, 1.54) is 0 Å². The number of anilines is 1. The van der Waals surface area contributed by atoms with Gasteiger partial charge in [-0.2, -0.15) is 0 Å². The molecule has 1 fully saturated rings. The van der Waals surface area contributed by atoms with Crippen molar-refractivity contribution in [3.8, 4) is 11.5 Å². The minimum Gasteiger partial charge on any atom is -0.403 e. The van der Waals surface area contributed by atoms with E-state index < -0.39 is 0 Å². The summed E-state index contributed by atoms with van der Waals surface area (Å²) >= 11 is 0. The molecule has 0 aliphatic carbocycles. The van der Waals surface area contributed by atoms with Gasteiger partial charge >= 0.3 is 6.01 Å². The Kier molecular flexibility index (Phi) is 5.13. The minimum absolute atomic E-state index is 0.0757. The van der Waals surface area contributed by atoms with Crippen LogP contribution < -0.4 is 10.2 Å². The van der Waals surface area contributed by atoms with E-state index in [9.17, 15) is 4.79 Å². The lowest BCUT2D eigenvalue weighted by molar-refractivity contribution is -0.126. The number of hydrogen-bond donors (Lipinski definition) is 1. The van der Waals surface area contributed by atoms with E-state index in [2.05, 4.69) is 27.3 Å². The molecular formula is C18H24N4O2. The summed E-state index contributed by atoms with van der Waals surface area (Å²) in [5.41, 5.74) is 0.916. The van der Waals surface area contributed by atoms with Crippen LogP contribution in [0.15, 0.2) is 34.7 Å². The maximum absolute atomic E-state index is 12.2. The number of carbonyl (C=O) groups excluding carboxylic acids is 1. The van der Waals surface area contributed by atoms with Crippen molar-refractivity contribution in [3.63, 3.8) is 0 Å². The topological polar surface area (TPSA) is 71.3 Å². The number of benzene rings is 1. The van der Waals surface area contributed by atoms with E-state index in [0.29, 0.717) is 11.9 Å². The molecule has 24 heavy (non-hydrogen) atoms. The summed E-state index contributed by atoms with van der Waals surface area (Å²) in [5, 5.41) is 11.4. The van der Waals surface area contributed by atoms with Crippen molar-refractivity contribution in [2.24, 2.45) is 5.92 Å². The predicted molar refractivity (Wildman–Crippen MR) is 92.6 cm³/mol. The molecule has 1 saturated heterocycles. The molecule has 3 rings (SSSR count). The predicted octanol–water partition coefficient (Wildman–Crippen LogP) is 2.87. The van der Waals surface area contributed by atoms with Crippen molar-refractivity contribution in [1.82, 2.24) is 15.5 Å². The van der Waals surface area contributed by atoms with Crippen LogP contribution in [0.3, 0.4) is 0 Å². The molecule has 128 valence electrons. The Morgan fingerprint density at radius 1 is 1.29 bits per heavy atom. The highest BCUT2D eigenvalue weighted by Gasteiger charge is 2.27. The van der Waals surface area contributed by atoms with Gasteiger partial charge in [0.05, 0.1) is 0 Å². The second kappa shape index (κ2) is 7.47. The van der Waals surface area contributed by atoms with Gasteiger partial charge in [0, 0.05) is 30.6 Å². The number of hydrogen-bond acceptors (Lipinski definition) is 5. The van der Waals surface area contributed by atoms with E-state index in [-0.39, 0.29) is 17.9 Å². The zero-order valence-corrected chi connectivity index (χ0v) is 14.2.